The molecule has 0 N–H and O–H groups in total. The summed E-state index contributed by atoms with van der Waals surface area (Å²) >= 11 is 1.80. The maximum atomic E-state index is 10.7. The van der Waals surface area contributed by atoms with E-state index < -0.39 is 0 Å². The van der Waals surface area contributed by atoms with E-state index in [1.165, 1.54) is 4.90 Å². The van der Waals surface area contributed by atoms with Crippen molar-refractivity contribution < 1.29 is 9.21 Å². The quantitative estimate of drug-likeness (QED) is 0.534. The fourth-order valence-electron chi connectivity index (χ4n) is 1.18. The molecule has 3 heteroatoms. The number of furan rings is 1. The minimum atomic E-state index is 0.287. The number of thioether (sulfide) groups is 1. The number of carbonyl (C=O) groups is 1. The van der Waals surface area contributed by atoms with Crippen LogP contribution in [0.4, 0.5) is 0 Å². The van der Waals surface area contributed by atoms with E-state index in [2.05, 4.69) is 0 Å². The number of hydrogen-bond acceptors (Lipinski definition) is 3. The topological polar surface area (TPSA) is 30.2 Å². The Morgan fingerprint density at radius 2 is 2.29 bits per heavy atom. The second-order valence-electron chi connectivity index (χ2n) is 3.35. The number of aryl methyl sites for hydroxylation is 1. The number of unbranched alkanes of at least 4 members (excludes halogenated alkanes) is 1. The first kappa shape index (κ1) is 11.4. The van der Waals surface area contributed by atoms with Crippen molar-refractivity contribution in [2.75, 3.05) is 5.75 Å². The summed E-state index contributed by atoms with van der Waals surface area (Å²) < 4.78 is 5.18. The molecule has 0 saturated carbocycles. The fourth-order valence-corrected chi connectivity index (χ4v) is 2.15. The maximum absolute atomic E-state index is 10.7. The summed E-state index contributed by atoms with van der Waals surface area (Å²) in [6, 6.07) is 1.99. The van der Waals surface area contributed by atoms with Gasteiger partial charge in [0.2, 0.25) is 0 Å². The molecule has 0 bridgehead atoms. The van der Waals surface area contributed by atoms with Crippen LogP contribution in [0.5, 0.6) is 0 Å². The highest BCUT2D eigenvalue weighted by Crippen LogP contribution is 2.24. The van der Waals surface area contributed by atoms with E-state index >= 15 is 0 Å². The highest BCUT2D eigenvalue weighted by molar-refractivity contribution is 7.99. The lowest BCUT2D eigenvalue weighted by Gasteiger charge is -1.98. The van der Waals surface area contributed by atoms with E-state index in [-0.39, 0.29) is 5.78 Å². The molecule has 0 aromatic carbocycles. The molecule has 0 amide bonds. The monoisotopic (exact) mass is 212 g/mol. The maximum Gasteiger partial charge on any atom is 0.129 e. The Hall–Kier alpha value is -0.700. The van der Waals surface area contributed by atoms with Crippen molar-refractivity contribution in [2.24, 2.45) is 0 Å². The molecule has 0 spiro atoms. The Balaban J connectivity index is 2.10. The van der Waals surface area contributed by atoms with Gasteiger partial charge in [0.15, 0.2) is 0 Å². The van der Waals surface area contributed by atoms with Gasteiger partial charge < -0.3 is 9.21 Å². The van der Waals surface area contributed by atoms with Crippen molar-refractivity contribution in [3.05, 3.63) is 18.1 Å². The molecule has 1 rings (SSSR count). The Labute approximate surface area is 89.1 Å². The third-order valence-electron chi connectivity index (χ3n) is 1.99. The first-order valence-electron chi connectivity index (χ1n) is 4.86. The van der Waals surface area contributed by atoms with E-state index in [4.69, 9.17) is 4.42 Å². The number of hydrogen-bond donors (Lipinski definition) is 0. The molecule has 1 heterocycles. The van der Waals surface area contributed by atoms with Crippen molar-refractivity contribution in [2.45, 2.75) is 38.0 Å². The van der Waals surface area contributed by atoms with Gasteiger partial charge in [-0.1, -0.05) is 0 Å². The summed E-state index contributed by atoms with van der Waals surface area (Å²) in [5.74, 6) is 2.34. The van der Waals surface area contributed by atoms with Crippen LogP contribution < -0.4 is 0 Å². The van der Waals surface area contributed by atoms with Crippen LogP contribution in [0.1, 0.15) is 31.9 Å². The van der Waals surface area contributed by atoms with Gasteiger partial charge in [-0.25, -0.2) is 0 Å². The molecule has 0 atom stereocenters. The second kappa shape index (κ2) is 5.91. The predicted octanol–water partition coefficient (Wildman–Crippen LogP) is 3.44. The Morgan fingerprint density at radius 3 is 2.86 bits per heavy atom. The molecule has 0 saturated heterocycles. The predicted molar refractivity (Wildman–Crippen MR) is 58.7 cm³/mol. The standard InChI is InChI=1S/C11H16O2S/c1-9(12)5-3-4-8-14-11-6-7-13-10(11)2/h6-7H,3-5,8H2,1-2H3. The van der Waals surface area contributed by atoms with Crippen LogP contribution in [0.3, 0.4) is 0 Å². The van der Waals surface area contributed by atoms with Gasteiger partial charge in [-0.15, -0.1) is 11.8 Å². The molecule has 0 aliphatic heterocycles. The highest BCUT2D eigenvalue weighted by atomic mass is 32.2. The van der Waals surface area contributed by atoms with Crippen molar-refractivity contribution in [1.29, 1.82) is 0 Å². The molecular formula is C11H16O2S. The van der Waals surface area contributed by atoms with Gasteiger partial charge in [0.25, 0.3) is 0 Å². The zero-order valence-electron chi connectivity index (χ0n) is 8.71. The molecule has 0 radical (unpaired) electrons. The molecule has 14 heavy (non-hydrogen) atoms. The summed E-state index contributed by atoms with van der Waals surface area (Å²) in [6.45, 7) is 3.62. The van der Waals surface area contributed by atoms with Crippen LogP contribution in [-0.2, 0) is 4.79 Å². The molecule has 78 valence electrons. The third kappa shape index (κ3) is 4.01. The zero-order valence-corrected chi connectivity index (χ0v) is 9.52. The van der Waals surface area contributed by atoms with Gasteiger partial charge in [-0.2, -0.15) is 0 Å². The first-order valence-corrected chi connectivity index (χ1v) is 5.85. The SMILES string of the molecule is CC(=O)CCCCSc1ccoc1C. The lowest BCUT2D eigenvalue weighted by molar-refractivity contribution is -0.117. The smallest absolute Gasteiger partial charge is 0.129 e. The number of ketones is 1. The number of Topliss-reactive ketones (excluding diaryl/α,β-unsaturated/α-hetero) is 1. The molecule has 2 nitrogen and oxygen atoms in total. The van der Waals surface area contributed by atoms with E-state index in [1.807, 2.05) is 13.0 Å². The van der Waals surface area contributed by atoms with Gasteiger partial charge in [0.1, 0.15) is 11.5 Å². The van der Waals surface area contributed by atoms with Crippen molar-refractivity contribution in [3.63, 3.8) is 0 Å². The van der Waals surface area contributed by atoms with Crippen molar-refractivity contribution >= 4 is 17.5 Å². The van der Waals surface area contributed by atoms with Crippen molar-refractivity contribution in [3.8, 4) is 0 Å². The second-order valence-corrected chi connectivity index (χ2v) is 4.49. The first-order chi connectivity index (χ1) is 6.70. The van der Waals surface area contributed by atoms with Gasteiger partial charge in [-0.05, 0) is 38.5 Å². The van der Waals surface area contributed by atoms with Crippen LogP contribution in [-0.4, -0.2) is 11.5 Å². The van der Waals surface area contributed by atoms with Gasteiger partial charge in [0, 0.05) is 11.3 Å². The fraction of sp³-hybridized carbons (Fsp3) is 0.545. The summed E-state index contributed by atoms with van der Waals surface area (Å²) in [5, 5.41) is 0. The van der Waals surface area contributed by atoms with E-state index in [9.17, 15) is 4.79 Å². The summed E-state index contributed by atoms with van der Waals surface area (Å²) in [4.78, 5) is 11.9. The minimum Gasteiger partial charge on any atom is -0.468 e. The van der Waals surface area contributed by atoms with E-state index in [1.54, 1.807) is 24.9 Å². The lowest BCUT2D eigenvalue weighted by atomic mass is 10.2. The Morgan fingerprint density at radius 1 is 1.50 bits per heavy atom. The van der Waals surface area contributed by atoms with Crippen LogP contribution >= 0.6 is 11.8 Å². The van der Waals surface area contributed by atoms with E-state index in [0.717, 1.165) is 24.4 Å². The molecule has 0 aliphatic carbocycles. The number of carbonyl (C=O) groups excluding carboxylic acids is 1. The zero-order chi connectivity index (χ0) is 10.4. The Kier molecular flexibility index (Phi) is 4.80. The molecule has 1 aromatic heterocycles. The average molecular weight is 212 g/mol. The van der Waals surface area contributed by atoms with E-state index in [0.29, 0.717) is 6.42 Å². The lowest BCUT2D eigenvalue weighted by Crippen LogP contribution is -1.90. The van der Waals surface area contributed by atoms with Gasteiger partial charge >= 0.3 is 0 Å². The van der Waals surface area contributed by atoms with Crippen LogP contribution in [0.15, 0.2) is 21.6 Å². The van der Waals surface area contributed by atoms with Crippen LogP contribution in [0.2, 0.25) is 0 Å². The summed E-state index contributed by atoms with van der Waals surface area (Å²) in [6.07, 6.45) is 4.52. The molecular weight excluding hydrogens is 196 g/mol. The van der Waals surface area contributed by atoms with Crippen LogP contribution in [0, 0.1) is 6.92 Å². The van der Waals surface area contributed by atoms with Crippen LogP contribution in [0.25, 0.3) is 0 Å². The number of rotatable bonds is 6. The van der Waals surface area contributed by atoms with Crippen molar-refractivity contribution in [1.82, 2.24) is 0 Å². The molecule has 0 fully saturated rings. The summed E-state index contributed by atoms with van der Waals surface area (Å²) in [7, 11) is 0. The van der Waals surface area contributed by atoms with Gasteiger partial charge in [-0.3, -0.25) is 0 Å². The third-order valence-corrected chi connectivity index (χ3v) is 3.22. The highest BCUT2D eigenvalue weighted by Gasteiger charge is 2.01. The Bertz CT molecular complexity index is 291. The molecule has 1 aromatic rings. The normalized spacial score (nSPS) is 10.4. The average Bonchev–Trinajstić information content (AvgIpc) is 2.51. The van der Waals surface area contributed by atoms with Gasteiger partial charge in [0.05, 0.1) is 6.26 Å². The molecule has 0 aliphatic rings. The minimum absolute atomic E-state index is 0.287. The summed E-state index contributed by atoms with van der Waals surface area (Å²) in [5.41, 5.74) is 0. The molecule has 0 unspecified atom stereocenters. The largest absolute Gasteiger partial charge is 0.468 e.